The first-order valence-electron chi connectivity index (χ1n) is 9.09. The lowest BCUT2D eigenvalue weighted by Gasteiger charge is -2.33. The molecule has 0 bridgehead atoms. The Morgan fingerprint density at radius 2 is 2.25 bits per heavy atom. The molecule has 1 aromatic carbocycles. The van der Waals surface area contributed by atoms with Crippen LogP contribution in [-0.4, -0.2) is 39.9 Å². The number of piperidine rings is 1. The number of rotatable bonds is 3. The van der Waals surface area contributed by atoms with Gasteiger partial charge in [0.1, 0.15) is 18.1 Å². The molecule has 1 saturated heterocycles. The molecule has 1 amide bonds. The number of fused-ring (bicyclic) bond motifs is 3. The topological polar surface area (TPSA) is 102 Å². The fourth-order valence-corrected chi connectivity index (χ4v) is 3.74. The molecule has 3 aromatic rings. The van der Waals surface area contributed by atoms with Crippen molar-refractivity contribution in [1.29, 1.82) is 5.26 Å². The number of carbonyl (C=O) groups excluding carboxylic acids is 1. The quantitative estimate of drug-likeness (QED) is 0.681. The number of nitrogens with one attached hydrogen (secondary N) is 2. The molecule has 0 radical (unpaired) electrons. The van der Waals surface area contributed by atoms with E-state index in [1.807, 2.05) is 6.07 Å². The zero-order valence-electron chi connectivity index (χ0n) is 15.0. The average molecular weight is 379 g/mol. The molecule has 1 atom stereocenters. The summed E-state index contributed by atoms with van der Waals surface area (Å²) in [5, 5.41) is 13.6. The van der Waals surface area contributed by atoms with Gasteiger partial charge >= 0.3 is 0 Å². The van der Waals surface area contributed by atoms with Gasteiger partial charge in [0, 0.05) is 36.1 Å². The number of aromatic amines is 1. The molecule has 1 aliphatic heterocycles. The largest absolute Gasteiger partial charge is 0.365 e. The van der Waals surface area contributed by atoms with Crippen molar-refractivity contribution in [3.05, 3.63) is 46.6 Å². The smallest absolute Gasteiger partial charge is 0.258 e. The van der Waals surface area contributed by atoms with Gasteiger partial charge in [0.05, 0.1) is 17.0 Å². The number of hydrogen-bond donors (Lipinski definition) is 2. The highest BCUT2D eigenvalue weighted by Gasteiger charge is 2.24. The number of nitriles is 1. The van der Waals surface area contributed by atoms with Gasteiger partial charge in [0.25, 0.3) is 5.56 Å². The van der Waals surface area contributed by atoms with Gasteiger partial charge in [-0.25, -0.2) is 9.37 Å². The maximum absolute atomic E-state index is 13.9. The molecule has 4 rings (SSSR count). The summed E-state index contributed by atoms with van der Waals surface area (Å²) >= 11 is 0. The van der Waals surface area contributed by atoms with E-state index in [1.54, 1.807) is 17.0 Å². The number of halogens is 1. The van der Waals surface area contributed by atoms with Crippen molar-refractivity contribution >= 4 is 33.4 Å². The van der Waals surface area contributed by atoms with Gasteiger partial charge < -0.3 is 15.2 Å². The summed E-state index contributed by atoms with van der Waals surface area (Å²) in [6.45, 7) is 1.10. The highest BCUT2D eigenvalue weighted by Crippen LogP contribution is 2.29. The second kappa shape index (κ2) is 7.27. The van der Waals surface area contributed by atoms with Gasteiger partial charge in [0.15, 0.2) is 0 Å². The number of amides is 1. The van der Waals surface area contributed by atoms with Gasteiger partial charge in [-0.2, -0.15) is 5.26 Å². The van der Waals surface area contributed by atoms with Crippen LogP contribution in [0.25, 0.3) is 21.7 Å². The number of anilines is 1. The Balaban J connectivity index is 1.73. The van der Waals surface area contributed by atoms with Crippen LogP contribution in [0.2, 0.25) is 0 Å². The predicted molar refractivity (Wildman–Crippen MR) is 103 cm³/mol. The molecule has 28 heavy (non-hydrogen) atoms. The lowest BCUT2D eigenvalue weighted by atomic mass is 10.0. The van der Waals surface area contributed by atoms with Crippen molar-refractivity contribution in [3.63, 3.8) is 0 Å². The van der Waals surface area contributed by atoms with Crippen LogP contribution >= 0.6 is 0 Å². The third kappa shape index (κ3) is 3.27. The minimum absolute atomic E-state index is 0.0448. The zero-order chi connectivity index (χ0) is 19.7. The Morgan fingerprint density at radius 1 is 1.39 bits per heavy atom. The monoisotopic (exact) mass is 379 g/mol. The Bertz CT molecular complexity index is 1170. The first-order chi connectivity index (χ1) is 13.6. The molecular formula is C20H18FN5O2. The van der Waals surface area contributed by atoms with E-state index in [-0.39, 0.29) is 23.9 Å². The zero-order valence-corrected chi connectivity index (χ0v) is 15.0. The van der Waals surface area contributed by atoms with Gasteiger partial charge in [-0.3, -0.25) is 9.59 Å². The van der Waals surface area contributed by atoms with E-state index < -0.39 is 5.82 Å². The van der Waals surface area contributed by atoms with Crippen LogP contribution in [0, 0.1) is 17.1 Å². The minimum atomic E-state index is -0.430. The van der Waals surface area contributed by atoms with Crippen molar-refractivity contribution in [2.24, 2.45) is 0 Å². The molecule has 2 aromatic heterocycles. The summed E-state index contributed by atoms with van der Waals surface area (Å²) in [7, 11) is 0. The maximum Gasteiger partial charge on any atom is 0.258 e. The number of H-pyrrole nitrogens is 1. The van der Waals surface area contributed by atoms with Crippen LogP contribution in [0.1, 0.15) is 19.3 Å². The third-order valence-electron chi connectivity index (χ3n) is 5.02. The second-order valence-electron chi connectivity index (χ2n) is 6.88. The lowest BCUT2D eigenvalue weighted by molar-refractivity contribution is -0.131. The molecule has 7 nitrogen and oxygen atoms in total. The first kappa shape index (κ1) is 17.9. The van der Waals surface area contributed by atoms with Crippen LogP contribution in [0.4, 0.5) is 10.2 Å². The lowest BCUT2D eigenvalue weighted by Crippen LogP contribution is -2.45. The molecule has 2 N–H and O–H groups in total. The number of benzene rings is 1. The average Bonchev–Trinajstić information content (AvgIpc) is 2.68. The van der Waals surface area contributed by atoms with Crippen molar-refractivity contribution in [2.75, 3.05) is 18.4 Å². The van der Waals surface area contributed by atoms with Gasteiger partial charge in [-0.1, -0.05) is 0 Å². The molecule has 0 spiro atoms. The number of pyridine rings is 2. The Hall–Kier alpha value is -3.47. The van der Waals surface area contributed by atoms with E-state index in [1.165, 1.54) is 18.3 Å². The van der Waals surface area contributed by atoms with Gasteiger partial charge in [-0.05, 0) is 37.1 Å². The molecule has 142 valence electrons. The summed E-state index contributed by atoms with van der Waals surface area (Å²) in [6, 6.07) is 7.80. The van der Waals surface area contributed by atoms with Crippen LogP contribution < -0.4 is 10.9 Å². The molecular weight excluding hydrogens is 361 g/mol. The number of carbonyl (C=O) groups is 1. The molecule has 8 heteroatoms. The van der Waals surface area contributed by atoms with Crippen molar-refractivity contribution in [1.82, 2.24) is 14.9 Å². The normalized spacial score (nSPS) is 16.9. The number of likely N-dealkylation sites (tertiary alicyclic amines) is 1. The summed E-state index contributed by atoms with van der Waals surface area (Å²) < 4.78 is 13.9. The van der Waals surface area contributed by atoms with Crippen molar-refractivity contribution in [3.8, 4) is 6.07 Å². The highest BCUT2D eigenvalue weighted by molar-refractivity contribution is 6.09. The molecule has 0 aliphatic carbocycles. The van der Waals surface area contributed by atoms with Gasteiger partial charge in [-0.15, -0.1) is 0 Å². The predicted octanol–water partition coefficient (Wildman–Crippen LogP) is 2.53. The summed E-state index contributed by atoms with van der Waals surface area (Å²) in [6.07, 6.45) is 3.03. The minimum Gasteiger partial charge on any atom is -0.365 e. The number of aromatic nitrogens is 2. The van der Waals surface area contributed by atoms with E-state index in [9.17, 15) is 14.0 Å². The summed E-state index contributed by atoms with van der Waals surface area (Å²) in [4.78, 5) is 33.2. The van der Waals surface area contributed by atoms with Crippen molar-refractivity contribution in [2.45, 2.75) is 25.3 Å². The molecule has 3 heterocycles. The molecule has 1 unspecified atom stereocenters. The Kier molecular flexibility index (Phi) is 4.65. The Morgan fingerprint density at radius 3 is 3.07 bits per heavy atom. The summed E-state index contributed by atoms with van der Waals surface area (Å²) in [5.74, 6) is -0.0632. The number of nitrogens with zero attached hydrogens (tertiary/aromatic N) is 3. The van der Waals surface area contributed by atoms with Crippen molar-refractivity contribution < 1.29 is 9.18 Å². The fourth-order valence-electron chi connectivity index (χ4n) is 3.74. The summed E-state index contributed by atoms with van der Waals surface area (Å²) in [5.41, 5.74) is 0.149. The SMILES string of the molecule is N#CCC(=O)N1CCCC(Nc2nc3cc[nH]c(=O)c3c3cc(F)ccc23)C1. The van der Waals surface area contributed by atoms with Crippen LogP contribution in [0.15, 0.2) is 35.3 Å². The number of hydrogen-bond acceptors (Lipinski definition) is 5. The van der Waals surface area contributed by atoms with Gasteiger partial charge in [0.2, 0.25) is 5.91 Å². The Labute approximate surface area is 159 Å². The van der Waals surface area contributed by atoms with E-state index in [0.717, 1.165) is 12.8 Å². The van der Waals surface area contributed by atoms with Crippen LogP contribution in [0.5, 0.6) is 0 Å². The van der Waals surface area contributed by atoms with Crippen LogP contribution in [-0.2, 0) is 4.79 Å². The second-order valence-corrected chi connectivity index (χ2v) is 6.88. The van der Waals surface area contributed by atoms with E-state index >= 15 is 0 Å². The fraction of sp³-hybridized carbons (Fsp3) is 0.300. The third-order valence-corrected chi connectivity index (χ3v) is 5.02. The van der Waals surface area contributed by atoms with E-state index in [2.05, 4.69) is 15.3 Å². The van der Waals surface area contributed by atoms with E-state index in [0.29, 0.717) is 40.6 Å². The maximum atomic E-state index is 13.9. The highest BCUT2D eigenvalue weighted by atomic mass is 19.1. The molecule has 1 aliphatic rings. The first-order valence-corrected chi connectivity index (χ1v) is 9.09. The standard InChI is InChI=1S/C20H18FN5O2/c21-12-3-4-14-15(10-12)18-16(6-8-23-20(18)28)25-19(14)24-13-2-1-9-26(11-13)17(27)5-7-22/h3-4,6,8,10,13H,1-2,5,9,11H2,(H,23,28)(H,24,25). The molecule has 0 saturated carbocycles. The molecule has 1 fully saturated rings. The van der Waals surface area contributed by atoms with Crippen LogP contribution in [0.3, 0.4) is 0 Å². The van der Waals surface area contributed by atoms with E-state index in [4.69, 9.17) is 5.26 Å².